The van der Waals surface area contributed by atoms with Gasteiger partial charge >= 0.3 is 12.6 Å². The van der Waals surface area contributed by atoms with Crippen LogP contribution in [0.25, 0.3) is 0 Å². The number of carbonyl (C=O) groups excluding carboxylic acids is 2. The minimum atomic E-state index is -1.01. The zero-order chi connectivity index (χ0) is 6.41. The summed E-state index contributed by atoms with van der Waals surface area (Å²) in [5.41, 5.74) is 0. The Morgan fingerprint density at radius 2 is 2.38 bits per heavy atom. The van der Waals surface area contributed by atoms with Crippen LogP contribution in [0.5, 0.6) is 0 Å². The first kappa shape index (κ1) is 6.94. The van der Waals surface area contributed by atoms with E-state index in [1.165, 1.54) is 0 Å². The SMILES string of the molecule is CCOC(=O)O[C]=O. The minimum Gasteiger partial charge on any atom is -0.434 e. The highest BCUT2D eigenvalue weighted by molar-refractivity contribution is 5.69. The van der Waals surface area contributed by atoms with Gasteiger partial charge in [0.1, 0.15) is 0 Å². The number of carbonyl (C=O) groups is 1. The molecule has 4 nitrogen and oxygen atoms in total. The molecule has 1 radical (unpaired) electrons. The summed E-state index contributed by atoms with van der Waals surface area (Å²) in [5.74, 6) is 0. The molecule has 0 amide bonds. The summed E-state index contributed by atoms with van der Waals surface area (Å²) in [4.78, 5) is 19.2. The van der Waals surface area contributed by atoms with Gasteiger partial charge in [-0.25, -0.2) is 9.59 Å². The van der Waals surface area contributed by atoms with E-state index in [9.17, 15) is 9.59 Å². The Balaban J connectivity index is 3.18. The van der Waals surface area contributed by atoms with Crippen LogP contribution in [0.2, 0.25) is 0 Å². The van der Waals surface area contributed by atoms with Crippen LogP contribution in [0.3, 0.4) is 0 Å². The molecule has 45 valence electrons. The Hall–Kier alpha value is -1.06. The average Bonchev–Trinajstić information content (AvgIpc) is 1.68. The highest BCUT2D eigenvalue weighted by atomic mass is 16.7. The van der Waals surface area contributed by atoms with E-state index in [0.29, 0.717) is 0 Å². The average molecular weight is 117 g/mol. The second-order valence-corrected chi connectivity index (χ2v) is 0.868. The van der Waals surface area contributed by atoms with Gasteiger partial charge in [-0.1, -0.05) is 0 Å². The monoisotopic (exact) mass is 117 g/mol. The van der Waals surface area contributed by atoms with E-state index in [4.69, 9.17) is 0 Å². The van der Waals surface area contributed by atoms with Crippen LogP contribution in [-0.4, -0.2) is 19.2 Å². The van der Waals surface area contributed by atoms with Crippen molar-refractivity contribution in [1.29, 1.82) is 0 Å². The van der Waals surface area contributed by atoms with Crippen LogP contribution in [-0.2, 0) is 14.3 Å². The van der Waals surface area contributed by atoms with Crippen molar-refractivity contribution >= 4 is 12.6 Å². The van der Waals surface area contributed by atoms with Gasteiger partial charge in [0.15, 0.2) is 0 Å². The first-order valence-corrected chi connectivity index (χ1v) is 2.02. The van der Waals surface area contributed by atoms with Gasteiger partial charge in [0.2, 0.25) is 0 Å². The van der Waals surface area contributed by atoms with Crippen molar-refractivity contribution in [3.8, 4) is 0 Å². The summed E-state index contributed by atoms with van der Waals surface area (Å²) in [6.07, 6.45) is -1.01. The summed E-state index contributed by atoms with van der Waals surface area (Å²) >= 11 is 0. The molecule has 0 spiro atoms. The van der Waals surface area contributed by atoms with Crippen molar-refractivity contribution in [2.45, 2.75) is 6.92 Å². The second kappa shape index (κ2) is 4.11. The molecule has 0 bridgehead atoms. The molecule has 4 heteroatoms. The minimum absolute atomic E-state index is 0.195. The predicted molar refractivity (Wildman–Crippen MR) is 23.8 cm³/mol. The summed E-state index contributed by atoms with van der Waals surface area (Å²) in [6.45, 7) is 2.73. The van der Waals surface area contributed by atoms with Gasteiger partial charge in [0, 0.05) is 0 Å². The van der Waals surface area contributed by atoms with Gasteiger partial charge in [-0.05, 0) is 6.92 Å². The first-order chi connectivity index (χ1) is 3.81. The zero-order valence-corrected chi connectivity index (χ0v) is 4.34. The molecule has 0 aliphatic carbocycles. The van der Waals surface area contributed by atoms with Crippen molar-refractivity contribution in [3.05, 3.63) is 0 Å². The molecular formula is C4H5O4. The molecule has 0 aromatic rings. The van der Waals surface area contributed by atoms with Crippen LogP contribution in [0.1, 0.15) is 6.92 Å². The molecule has 0 aromatic carbocycles. The van der Waals surface area contributed by atoms with E-state index in [1.807, 2.05) is 0 Å². The normalized spacial score (nSPS) is 7.62. The molecule has 8 heavy (non-hydrogen) atoms. The maximum absolute atomic E-state index is 9.94. The summed E-state index contributed by atoms with van der Waals surface area (Å²) in [5, 5.41) is 0. The standard InChI is InChI=1S/C4H5O4/c1-2-7-4(6)8-3-5/h2H2,1H3. The van der Waals surface area contributed by atoms with Crippen LogP contribution in [0, 0.1) is 0 Å². The number of hydrogen-bond acceptors (Lipinski definition) is 4. The van der Waals surface area contributed by atoms with E-state index >= 15 is 0 Å². The summed E-state index contributed by atoms with van der Waals surface area (Å²) < 4.78 is 7.77. The molecule has 0 unspecified atom stereocenters. The lowest BCUT2D eigenvalue weighted by Gasteiger charge is -1.92. The van der Waals surface area contributed by atoms with Gasteiger partial charge < -0.3 is 9.47 Å². The van der Waals surface area contributed by atoms with E-state index in [-0.39, 0.29) is 6.61 Å². The highest BCUT2D eigenvalue weighted by Crippen LogP contribution is 1.78. The number of rotatable bonds is 2. The fourth-order valence-corrected chi connectivity index (χ4v) is 0.181. The second-order valence-electron chi connectivity index (χ2n) is 0.868. The molecule has 0 aliphatic heterocycles. The van der Waals surface area contributed by atoms with E-state index in [2.05, 4.69) is 9.47 Å². The largest absolute Gasteiger partial charge is 0.516 e. The van der Waals surface area contributed by atoms with E-state index in [0.717, 1.165) is 6.47 Å². The van der Waals surface area contributed by atoms with E-state index < -0.39 is 6.16 Å². The Bertz CT molecular complexity index is 88.0. The molecule has 0 N–H and O–H groups in total. The smallest absolute Gasteiger partial charge is 0.434 e. The fraction of sp³-hybridized carbons (Fsp3) is 0.500. The lowest BCUT2D eigenvalue weighted by molar-refractivity contribution is 0.0988. The Kier molecular flexibility index (Phi) is 3.56. The van der Waals surface area contributed by atoms with Gasteiger partial charge in [0.05, 0.1) is 6.61 Å². The van der Waals surface area contributed by atoms with Crippen molar-refractivity contribution < 1.29 is 19.1 Å². The van der Waals surface area contributed by atoms with Crippen LogP contribution in [0.15, 0.2) is 0 Å². The molecule has 0 atom stereocenters. The number of ether oxygens (including phenoxy) is 2. The molecule has 0 aromatic heterocycles. The van der Waals surface area contributed by atoms with Gasteiger partial charge in [-0.2, -0.15) is 0 Å². The van der Waals surface area contributed by atoms with Gasteiger partial charge in [0.25, 0.3) is 0 Å². The van der Waals surface area contributed by atoms with Gasteiger partial charge in [-0.3, -0.25) is 0 Å². The van der Waals surface area contributed by atoms with Crippen molar-refractivity contribution in [3.63, 3.8) is 0 Å². The zero-order valence-electron chi connectivity index (χ0n) is 4.34. The topological polar surface area (TPSA) is 52.6 Å². The predicted octanol–water partition coefficient (Wildman–Crippen LogP) is 0.227. The highest BCUT2D eigenvalue weighted by Gasteiger charge is 1.98. The maximum atomic E-state index is 9.94. The molecule has 0 heterocycles. The Morgan fingerprint density at radius 1 is 1.75 bits per heavy atom. The Labute approximate surface area is 46.4 Å². The Morgan fingerprint density at radius 3 is 2.75 bits per heavy atom. The van der Waals surface area contributed by atoms with Crippen molar-refractivity contribution in [2.24, 2.45) is 0 Å². The maximum Gasteiger partial charge on any atom is 0.516 e. The first-order valence-electron chi connectivity index (χ1n) is 2.02. The molecular weight excluding hydrogens is 112 g/mol. The summed E-state index contributed by atoms with van der Waals surface area (Å²) in [6, 6.07) is 0. The van der Waals surface area contributed by atoms with Crippen LogP contribution < -0.4 is 0 Å². The molecule has 0 rings (SSSR count). The quantitative estimate of drug-likeness (QED) is 0.383. The van der Waals surface area contributed by atoms with Crippen LogP contribution >= 0.6 is 0 Å². The van der Waals surface area contributed by atoms with Gasteiger partial charge in [-0.15, -0.1) is 0 Å². The lowest BCUT2D eigenvalue weighted by atomic mass is 10.9. The number of hydrogen-bond donors (Lipinski definition) is 0. The van der Waals surface area contributed by atoms with E-state index in [1.54, 1.807) is 6.92 Å². The lowest BCUT2D eigenvalue weighted by Crippen LogP contribution is -2.04. The molecule has 0 aliphatic rings. The van der Waals surface area contributed by atoms with Crippen LogP contribution in [0.4, 0.5) is 4.79 Å². The third-order valence-electron chi connectivity index (χ3n) is 0.387. The third kappa shape index (κ3) is 3.14. The van der Waals surface area contributed by atoms with Crippen molar-refractivity contribution in [2.75, 3.05) is 6.61 Å². The van der Waals surface area contributed by atoms with Crippen molar-refractivity contribution in [1.82, 2.24) is 0 Å². The molecule has 0 saturated carbocycles. The summed E-state index contributed by atoms with van der Waals surface area (Å²) in [7, 11) is 0. The third-order valence-corrected chi connectivity index (χ3v) is 0.387. The molecule has 0 fully saturated rings. The molecule has 0 saturated heterocycles. The fourth-order valence-electron chi connectivity index (χ4n) is 0.181.